The van der Waals surface area contributed by atoms with E-state index in [1.165, 1.54) is 0 Å². The number of morpholine rings is 1. The van der Waals surface area contributed by atoms with Crippen LogP contribution in [0, 0.1) is 11.3 Å². The smallest absolute Gasteiger partial charge is 0.319 e. The van der Waals surface area contributed by atoms with E-state index in [1.807, 2.05) is 4.57 Å². The molecule has 0 saturated carbocycles. The number of nitrogens with zero attached hydrogens (tertiary/aromatic N) is 5. The molecule has 1 fully saturated rings. The minimum Gasteiger partial charge on any atom is -0.463 e. The predicted octanol–water partition coefficient (Wildman–Crippen LogP) is 4.42. The summed E-state index contributed by atoms with van der Waals surface area (Å²) >= 11 is 0. The van der Waals surface area contributed by atoms with Gasteiger partial charge in [0.15, 0.2) is 5.82 Å². The van der Waals surface area contributed by atoms with Crippen molar-refractivity contribution in [1.29, 1.82) is 5.26 Å². The Morgan fingerprint density at radius 2 is 1.86 bits per heavy atom. The second-order valence-electron chi connectivity index (χ2n) is 10.8. The van der Waals surface area contributed by atoms with Crippen molar-refractivity contribution in [2.45, 2.75) is 77.9 Å². The lowest BCUT2D eigenvalue weighted by atomic mass is 10.1. The maximum absolute atomic E-state index is 10.1. The molecule has 9 nitrogen and oxygen atoms in total. The van der Waals surface area contributed by atoms with Crippen LogP contribution in [0.4, 0.5) is 5.82 Å². The number of ether oxygens (including phenoxy) is 3. The van der Waals surface area contributed by atoms with E-state index in [0.717, 1.165) is 83.0 Å². The number of anilines is 1. The first-order valence-electron chi connectivity index (χ1n) is 13.4. The van der Waals surface area contributed by atoms with Gasteiger partial charge < -0.3 is 24.5 Å². The molecule has 0 amide bonds. The Morgan fingerprint density at radius 3 is 2.56 bits per heavy atom. The third kappa shape index (κ3) is 8.16. The van der Waals surface area contributed by atoms with Crippen molar-refractivity contribution >= 4 is 24.9 Å². The maximum atomic E-state index is 10.1. The van der Waals surface area contributed by atoms with E-state index in [1.54, 1.807) is 0 Å². The quantitative estimate of drug-likeness (QED) is 0.273. The Bertz CT molecular complexity index is 1010. The molecular weight excluding hydrogens is 472 g/mol. The predicted molar refractivity (Wildman–Crippen MR) is 146 cm³/mol. The lowest BCUT2D eigenvalue weighted by Crippen LogP contribution is -2.36. The van der Waals surface area contributed by atoms with Gasteiger partial charge in [0.2, 0.25) is 0 Å². The van der Waals surface area contributed by atoms with Gasteiger partial charge in [0.1, 0.15) is 29.5 Å². The number of nitrogens with two attached hydrogens (primary N) is 1. The van der Waals surface area contributed by atoms with E-state index in [4.69, 9.17) is 24.9 Å². The molecule has 3 heterocycles. The van der Waals surface area contributed by atoms with Crippen molar-refractivity contribution in [2.75, 3.05) is 51.8 Å². The molecule has 36 heavy (non-hydrogen) atoms. The van der Waals surface area contributed by atoms with Crippen molar-refractivity contribution in [3.8, 4) is 12.1 Å². The molecule has 10 heteroatoms. The molecule has 0 spiro atoms. The summed E-state index contributed by atoms with van der Waals surface area (Å²) in [6.07, 6.45) is 5.90. The molecule has 1 aliphatic heterocycles. The van der Waals surface area contributed by atoms with Gasteiger partial charge in [0, 0.05) is 33.3 Å². The van der Waals surface area contributed by atoms with E-state index in [0.29, 0.717) is 35.8 Å². The summed E-state index contributed by atoms with van der Waals surface area (Å²) in [6.45, 7) is 15.3. The van der Waals surface area contributed by atoms with Gasteiger partial charge in [-0.05, 0) is 38.3 Å². The average molecular weight is 517 g/mol. The first-order valence-corrected chi connectivity index (χ1v) is 17.1. The molecule has 0 radical (unpaired) electrons. The van der Waals surface area contributed by atoms with Crippen molar-refractivity contribution in [1.82, 2.24) is 19.4 Å². The molecule has 2 aromatic heterocycles. The summed E-state index contributed by atoms with van der Waals surface area (Å²) in [5, 5.41) is 10.1. The fourth-order valence-electron chi connectivity index (χ4n) is 4.35. The summed E-state index contributed by atoms with van der Waals surface area (Å²) < 4.78 is 19.1. The Morgan fingerprint density at radius 1 is 1.08 bits per heavy atom. The fraction of sp³-hybridized carbons (Fsp3) is 0.731. The number of unbranched alkanes of at least 4 members (excludes halogenated alkanes) is 3. The van der Waals surface area contributed by atoms with Crippen molar-refractivity contribution in [3.05, 3.63) is 11.3 Å². The molecule has 2 N–H and O–H groups in total. The van der Waals surface area contributed by atoms with Gasteiger partial charge in [-0.2, -0.15) is 15.2 Å². The van der Waals surface area contributed by atoms with Crippen LogP contribution in [0.1, 0.15) is 50.3 Å². The molecule has 200 valence electrons. The van der Waals surface area contributed by atoms with Crippen molar-refractivity contribution in [3.63, 3.8) is 0 Å². The Labute approximate surface area is 216 Å². The van der Waals surface area contributed by atoms with Crippen LogP contribution in [0.25, 0.3) is 11.0 Å². The number of fused-ring (bicyclic) bond motifs is 1. The Hall–Kier alpha value is -2.19. The van der Waals surface area contributed by atoms with E-state index < -0.39 is 8.07 Å². The molecule has 2 aromatic rings. The van der Waals surface area contributed by atoms with Crippen LogP contribution in [0.2, 0.25) is 25.7 Å². The maximum Gasteiger partial charge on any atom is 0.319 e. The zero-order valence-electron chi connectivity index (χ0n) is 22.6. The molecule has 0 atom stereocenters. The Kier molecular flexibility index (Phi) is 11.0. The molecule has 1 aliphatic rings. The largest absolute Gasteiger partial charge is 0.463 e. The highest BCUT2D eigenvalue weighted by atomic mass is 28.3. The van der Waals surface area contributed by atoms with Crippen LogP contribution >= 0.6 is 0 Å². The minimum atomic E-state index is -1.21. The van der Waals surface area contributed by atoms with Crippen molar-refractivity contribution in [2.24, 2.45) is 0 Å². The van der Waals surface area contributed by atoms with Gasteiger partial charge in [-0.25, -0.2) is 0 Å². The summed E-state index contributed by atoms with van der Waals surface area (Å²) in [4.78, 5) is 11.6. The van der Waals surface area contributed by atoms with Crippen LogP contribution in [-0.2, 0) is 22.6 Å². The topological polar surface area (TPSA) is 111 Å². The minimum absolute atomic E-state index is 0.268. The van der Waals surface area contributed by atoms with E-state index in [2.05, 4.69) is 42.5 Å². The number of rotatable bonds is 15. The lowest BCUT2D eigenvalue weighted by Gasteiger charge is -2.26. The summed E-state index contributed by atoms with van der Waals surface area (Å²) in [7, 11) is -1.21. The van der Waals surface area contributed by atoms with E-state index in [-0.39, 0.29) is 12.7 Å². The summed E-state index contributed by atoms with van der Waals surface area (Å²) in [6, 6.07) is 3.75. The van der Waals surface area contributed by atoms with Gasteiger partial charge in [0.25, 0.3) is 0 Å². The van der Waals surface area contributed by atoms with Gasteiger partial charge in [-0.3, -0.25) is 4.90 Å². The molecule has 1 saturated heterocycles. The number of hydrogen-bond acceptors (Lipinski definition) is 8. The lowest BCUT2D eigenvalue weighted by molar-refractivity contribution is 0.0371. The molecule has 0 aromatic carbocycles. The monoisotopic (exact) mass is 516 g/mol. The number of nitriles is 1. The van der Waals surface area contributed by atoms with Crippen LogP contribution < -0.4 is 10.5 Å². The zero-order chi connectivity index (χ0) is 26.0. The Balaban J connectivity index is 1.77. The van der Waals surface area contributed by atoms with Crippen LogP contribution in [0.3, 0.4) is 0 Å². The number of hydrogen-bond donors (Lipinski definition) is 1. The SMILES string of the molecule is CCCCOc1nc(N)c2c(n1)c(CCCCCN1CCOCC1)c(C#N)n2COCC[Si](C)(C)C. The van der Waals surface area contributed by atoms with Crippen LogP contribution in [0.5, 0.6) is 6.01 Å². The van der Waals surface area contributed by atoms with E-state index in [9.17, 15) is 5.26 Å². The first-order chi connectivity index (χ1) is 17.3. The zero-order valence-corrected chi connectivity index (χ0v) is 23.6. The first kappa shape index (κ1) is 28.4. The van der Waals surface area contributed by atoms with Crippen molar-refractivity contribution < 1.29 is 14.2 Å². The number of aromatic nitrogens is 3. The summed E-state index contributed by atoms with van der Waals surface area (Å²) in [5.74, 6) is 0.329. The van der Waals surface area contributed by atoms with E-state index >= 15 is 0 Å². The summed E-state index contributed by atoms with van der Waals surface area (Å²) in [5.41, 5.74) is 9.28. The highest BCUT2D eigenvalue weighted by Crippen LogP contribution is 2.31. The molecule has 0 unspecified atom stereocenters. The van der Waals surface area contributed by atoms with Gasteiger partial charge in [0.05, 0.1) is 19.8 Å². The molecular formula is C26H44N6O3Si. The van der Waals surface area contributed by atoms with Gasteiger partial charge in [-0.15, -0.1) is 0 Å². The second-order valence-corrected chi connectivity index (χ2v) is 16.4. The fourth-order valence-corrected chi connectivity index (χ4v) is 5.11. The molecule has 3 rings (SSSR count). The third-order valence-corrected chi connectivity index (χ3v) is 8.26. The average Bonchev–Trinajstić information content (AvgIpc) is 3.14. The second kappa shape index (κ2) is 13.9. The standard InChI is InChI=1S/C26H44N6O3Si/c1-5-6-14-35-26-29-23-21(10-8-7-9-11-31-12-15-33-16-13-31)22(19-27)32(24(23)25(28)30-26)20-34-17-18-36(2,3)4/h5-18,20H2,1-4H3,(H2,28,29,30). The number of nitrogen functional groups attached to an aromatic ring is 1. The normalized spacial score (nSPS) is 14.9. The highest BCUT2D eigenvalue weighted by molar-refractivity contribution is 6.76. The third-order valence-electron chi connectivity index (χ3n) is 6.56. The number of aryl methyl sites for hydroxylation is 1. The van der Waals surface area contributed by atoms with Gasteiger partial charge >= 0.3 is 6.01 Å². The highest BCUT2D eigenvalue weighted by Gasteiger charge is 2.23. The molecule has 0 aliphatic carbocycles. The van der Waals surface area contributed by atoms with Crippen LogP contribution in [0.15, 0.2) is 0 Å². The molecule has 0 bridgehead atoms. The van der Waals surface area contributed by atoms with Gasteiger partial charge in [-0.1, -0.05) is 39.4 Å². The van der Waals surface area contributed by atoms with Crippen LogP contribution in [-0.4, -0.2) is 73.6 Å².